The smallest absolute Gasteiger partial charge is 0.124 e. The van der Waals surface area contributed by atoms with Crippen LogP contribution in [0.2, 0.25) is 0 Å². The Morgan fingerprint density at radius 1 is 1.30 bits per heavy atom. The minimum absolute atomic E-state index is 0.175. The lowest BCUT2D eigenvalue weighted by Gasteiger charge is -2.46. The molecule has 1 aromatic rings. The second-order valence-electron chi connectivity index (χ2n) is 6.23. The number of ether oxygens (including phenoxy) is 1. The minimum Gasteiger partial charge on any atom is -0.492 e. The van der Waals surface area contributed by atoms with Gasteiger partial charge < -0.3 is 10.1 Å². The maximum absolute atomic E-state index is 5.99. The number of nitrogens with zero attached hydrogens (tertiary/aromatic N) is 1. The van der Waals surface area contributed by atoms with Crippen molar-refractivity contribution in [2.24, 2.45) is 0 Å². The van der Waals surface area contributed by atoms with Crippen molar-refractivity contribution in [1.29, 1.82) is 0 Å². The lowest BCUT2D eigenvalue weighted by atomic mass is 9.90. The Bertz CT molecular complexity index is 444. The van der Waals surface area contributed by atoms with Crippen LogP contribution in [0.15, 0.2) is 24.3 Å². The molecule has 0 amide bonds. The van der Waals surface area contributed by atoms with Crippen molar-refractivity contribution in [2.75, 3.05) is 20.2 Å². The van der Waals surface area contributed by atoms with Crippen molar-refractivity contribution in [3.63, 3.8) is 0 Å². The topological polar surface area (TPSA) is 24.5 Å². The number of nitrogens with one attached hydrogen (secondary N) is 1. The van der Waals surface area contributed by atoms with E-state index in [1.54, 1.807) is 0 Å². The maximum Gasteiger partial charge on any atom is 0.124 e. The molecule has 3 heteroatoms. The van der Waals surface area contributed by atoms with E-state index in [-0.39, 0.29) is 5.54 Å². The van der Waals surface area contributed by atoms with Gasteiger partial charge in [-0.2, -0.15) is 0 Å². The average Bonchev–Trinajstić information content (AvgIpc) is 2.47. The van der Waals surface area contributed by atoms with E-state index in [0.29, 0.717) is 12.1 Å². The van der Waals surface area contributed by atoms with E-state index in [9.17, 15) is 0 Å². The Hall–Kier alpha value is -1.06. The number of hydrogen-bond acceptors (Lipinski definition) is 3. The fourth-order valence-corrected chi connectivity index (χ4v) is 2.85. The molecule has 2 atom stereocenters. The normalized spacial score (nSPS) is 22.5. The molecular weight excluding hydrogens is 248 g/mol. The number of likely N-dealkylation sites (N-methyl/N-ethyl adjacent to an activating group) is 2. The molecule has 0 aromatic heterocycles. The Kier molecular flexibility index (Phi) is 4.71. The van der Waals surface area contributed by atoms with Gasteiger partial charge in [-0.1, -0.05) is 32.0 Å². The van der Waals surface area contributed by atoms with Crippen LogP contribution < -0.4 is 10.1 Å². The molecule has 2 unspecified atom stereocenters. The van der Waals surface area contributed by atoms with E-state index in [2.05, 4.69) is 63.2 Å². The summed E-state index contributed by atoms with van der Waals surface area (Å²) in [5.74, 6) is 1.03. The highest BCUT2D eigenvalue weighted by atomic mass is 16.5. The fourth-order valence-electron chi connectivity index (χ4n) is 2.85. The van der Waals surface area contributed by atoms with Crippen LogP contribution in [0.4, 0.5) is 0 Å². The molecule has 1 N–H and O–H groups in total. The van der Waals surface area contributed by atoms with E-state index in [4.69, 9.17) is 4.74 Å². The van der Waals surface area contributed by atoms with Crippen LogP contribution in [0.3, 0.4) is 0 Å². The van der Waals surface area contributed by atoms with Crippen LogP contribution in [-0.4, -0.2) is 36.7 Å². The summed E-state index contributed by atoms with van der Waals surface area (Å²) in [6.07, 6.45) is 1.13. The second kappa shape index (κ2) is 6.15. The van der Waals surface area contributed by atoms with Crippen LogP contribution in [0, 0.1) is 0 Å². The first-order chi connectivity index (χ1) is 9.51. The van der Waals surface area contributed by atoms with Gasteiger partial charge in [-0.25, -0.2) is 0 Å². The van der Waals surface area contributed by atoms with E-state index in [1.165, 1.54) is 5.56 Å². The molecule has 3 nitrogen and oxygen atoms in total. The zero-order valence-electron chi connectivity index (χ0n) is 13.4. The Balaban J connectivity index is 2.31. The third-order valence-electron chi connectivity index (χ3n) is 4.79. The van der Waals surface area contributed by atoms with Crippen LogP contribution in [-0.2, 0) is 0 Å². The summed E-state index contributed by atoms with van der Waals surface area (Å²) in [6.45, 7) is 10.7. The summed E-state index contributed by atoms with van der Waals surface area (Å²) in [5, 5.41) is 3.65. The number of para-hydroxylation sites is 1. The third-order valence-corrected chi connectivity index (χ3v) is 4.79. The van der Waals surface area contributed by atoms with Gasteiger partial charge in [0.25, 0.3) is 0 Å². The summed E-state index contributed by atoms with van der Waals surface area (Å²) in [7, 11) is 2.22. The van der Waals surface area contributed by atoms with Gasteiger partial charge in [0.15, 0.2) is 0 Å². The first kappa shape index (κ1) is 15.3. The number of hydrogen-bond donors (Lipinski definition) is 1. The van der Waals surface area contributed by atoms with Gasteiger partial charge in [0, 0.05) is 11.1 Å². The molecule has 0 fully saturated rings. The Morgan fingerprint density at radius 3 is 2.65 bits per heavy atom. The van der Waals surface area contributed by atoms with Gasteiger partial charge >= 0.3 is 0 Å². The van der Waals surface area contributed by atoms with Crippen molar-refractivity contribution in [3.8, 4) is 5.75 Å². The Labute approximate surface area is 123 Å². The lowest BCUT2D eigenvalue weighted by molar-refractivity contribution is 0.0329. The molecule has 1 heterocycles. The number of benzene rings is 1. The SMILES string of the molecule is CCNC1c2ccccc2OCC1N(C)C(C)(C)CC. The highest BCUT2D eigenvalue weighted by molar-refractivity contribution is 5.38. The number of rotatable bonds is 5. The summed E-state index contributed by atoms with van der Waals surface area (Å²) >= 11 is 0. The highest BCUT2D eigenvalue weighted by Crippen LogP contribution is 2.36. The van der Waals surface area contributed by atoms with Crippen molar-refractivity contribution in [3.05, 3.63) is 29.8 Å². The van der Waals surface area contributed by atoms with Crippen molar-refractivity contribution in [1.82, 2.24) is 10.2 Å². The van der Waals surface area contributed by atoms with Crippen molar-refractivity contribution >= 4 is 0 Å². The van der Waals surface area contributed by atoms with E-state index in [1.807, 2.05) is 6.07 Å². The summed E-state index contributed by atoms with van der Waals surface area (Å²) in [6, 6.07) is 9.09. The van der Waals surface area contributed by atoms with Gasteiger partial charge in [0.2, 0.25) is 0 Å². The minimum atomic E-state index is 0.175. The molecule has 2 rings (SSSR count). The van der Waals surface area contributed by atoms with Crippen molar-refractivity contribution in [2.45, 2.75) is 51.7 Å². The van der Waals surface area contributed by atoms with Gasteiger partial charge in [0.1, 0.15) is 12.4 Å². The van der Waals surface area contributed by atoms with Gasteiger partial charge in [-0.05, 0) is 39.9 Å². The highest BCUT2D eigenvalue weighted by Gasteiger charge is 2.37. The predicted octanol–water partition coefficient (Wildman–Crippen LogP) is 3.22. The third kappa shape index (κ3) is 2.84. The fraction of sp³-hybridized carbons (Fsp3) is 0.647. The van der Waals surface area contributed by atoms with Crippen LogP contribution in [0.5, 0.6) is 5.75 Å². The molecule has 0 radical (unpaired) electrons. The lowest BCUT2D eigenvalue weighted by Crippen LogP contribution is -2.55. The van der Waals surface area contributed by atoms with Crippen LogP contribution in [0.1, 0.15) is 45.7 Å². The summed E-state index contributed by atoms with van der Waals surface area (Å²) < 4.78 is 5.99. The van der Waals surface area contributed by atoms with Crippen LogP contribution >= 0.6 is 0 Å². The molecule has 0 saturated heterocycles. The van der Waals surface area contributed by atoms with E-state index in [0.717, 1.165) is 25.3 Å². The molecule has 0 spiro atoms. The summed E-state index contributed by atoms with van der Waals surface area (Å²) in [5.41, 5.74) is 1.46. The molecule has 1 aliphatic rings. The predicted molar refractivity (Wildman–Crippen MR) is 84.3 cm³/mol. The zero-order valence-corrected chi connectivity index (χ0v) is 13.4. The first-order valence-electron chi connectivity index (χ1n) is 7.69. The van der Waals surface area contributed by atoms with Crippen LogP contribution in [0.25, 0.3) is 0 Å². The summed E-state index contributed by atoms with van der Waals surface area (Å²) in [4.78, 5) is 2.47. The molecule has 0 bridgehead atoms. The largest absolute Gasteiger partial charge is 0.492 e. The van der Waals surface area contributed by atoms with Crippen molar-refractivity contribution < 1.29 is 4.74 Å². The molecule has 1 aromatic carbocycles. The maximum atomic E-state index is 5.99. The molecule has 112 valence electrons. The Morgan fingerprint density at radius 2 is 2.00 bits per heavy atom. The van der Waals surface area contributed by atoms with E-state index >= 15 is 0 Å². The second-order valence-corrected chi connectivity index (χ2v) is 6.23. The monoisotopic (exact) mass is 276 g/mol. The molecule has 0 aliphatic carbocycles. The van der Waals surface area contributed by atoms with Gasteiger partial charge in [0.05, 0.1) is 12.1 Å². The number of fused-ring (bicyclic) bond motifs is 1. The average molecular weight is 276 g/mol. The molecular formula is C17H28N2O. The van der Waals surface area contributed by atoms with Gasteiger partial charge in [-0.3, -0.25) is 4.90 Å². The molecule has 20 heavy (non-hydrogen) atoms. The molecule has 1 aliphatic heterocycles. The first-order valence-corrected chi connectivity index (χ1v) is 7.69. The standard InChI is InChI=1S/C17H28N2O/c1-6-17(3,4)19(5)14-12-20-15-11-9-8-10-13(15)16(14)18-7-2/h8-11,14,16,18H,6-7,12H2,1-5H3. The quantitative estimate of drug-likeness (QED) is 0.893. The van der Waals surface area contributed by atoms with E-state index < -0.39 is 0 Å². The van der Waals surface area contributed by atoms with Gasteiger partial charge in [-0.15, -0.1) is 0 Å². The molecule has 0 saturated carbocycles. The zero-order chi connectivity index (χ0) is 14.8.